The van der Waals surface area contributed by atoms with E-state index >= 15 is 0 Å². The van der Waals surface area contributed by atoms with Crippen LogP contribution in [0.3, 0.4) is 0 Å². The molecule has 12 heteroatoms. The minimum absolute atomic E-state index is 0.0431. The van der Waals surface area contributed by atoms with E-state index in [1.165, 1.54) is 13.0 Å². The molecule has 1 aromatic carbocycles. The van der Waals surface area contributed by atoms with Crippen LogP contribution in [0, 0.1) is 19.8 Å². The molecule has 210 valence electrons. The number of carbonyl (C=O) groups is 1. The van der Waals surface area contributed by atoms with Gasteiger partial charge in [-0.25, -0.2) is 8.42 Å². The van der Waals surface area contributed by atoms with Crippen LogP contribution in [0.15, 0.2) is 52.1 Å². The van der Waals surface area contributed by atoms with E-state index < -0.39 is 16.1 Å². The zero-order valence-corrected chi connectivity index (χ0v) is 23.6. The zero-order valence-electron chi connectivity index (χ0n) is 22.8. The fourth-order valence-corrected chi connectivity index (χ4v) is 6.12. The van der Waals surface area contributed by atoms with E-state index in [1.54, 1.807) is 43.3 Å². The molecule has 1 aliphatic heterocycles. The van der Waals surface area contributed by atoms with Crippen molar-refractivity contribution in [3.63, 3.8) is 0 Å². The van der Waals surface area contributed by atoms with Crippen molar-refractivity contribution >= 4 is 21.6 Å². The van der Waals surface area contributed by atoms with Gasteiger partial charge in [0.25, 0.3) is 15.9 Å². The summed E-state index contributed by atoms with van der Waals surface area (Å²) in [5.74, 6) is 0.125. The zero-order chi connectivity index (χ0) is 28.3. The average molecular weight is 558 g/mol. The number of rotatable bonds is 9. The van der Waals surface area contributed by atoms with E-state index in [0.29, 0.717) is 25.4 Å². The summed E-state index contributed by atoms with van der Waals surface area (Å²) in [6.07, 6.45) is 3.24. The van der Waals surface area contributed by atoms with Crippen LogP contribution >= 0.6 is 0 Å². The molecule has 3 aromatic rings. The van der Waals surface area contributed by atoms with Crippen LogP contribution in [0.4, 0.5) is 5.69 Å². The maximum atomic E-state index is 13.7. The van der Waals surface area contributed by atoms with Crippen LogP contribution in [0.2, 0.25) is 0 Å². The van der Waals surface area contributed by atoms with E-state index in [4.69, 9.17) is 9.26 Å². The number of fused-ring (bicyclic) bond motifs is 1. The summed E-state index contributed by atoms with van der Waals surface area (Å²) in [7, 11) is -2.01. The lowest BCUT2D eigenvalue weighted by molar-refractivity contribution is 0.0341. The second kappa shape index (κ2) is 11.7. The van der Waals surface area contributed by atoms with Crippen molar-refractivity contribution in [1.82, 2.24) is 19.9 Å². The molecule has 1 amide bonds. The fraction of sp³-hybridized carbons (Fsp3) is 0.444. The number of ether oxygens (including phenoxy) is 1. The monoisotopic (exact) mass is 557 g/mol. The van der Waals surface area contributed by atoms with Crippen LogP contribution in [-0.4, -0.2) is 78.3 Å². The number of benzene rings is 1. The van der Waals surface area contributed by atoms with Gasteiger partial charge in [-0.15, -0.1) is 0 Å². The Bertz CT molecular complexity index is 1390. The summed E-state index contributed by atoms with van der Waals surface area (Å²) in [6, 6.07) is 8.12. The molecule has 0 bridgehead atoms. The second-order valence-corrected chi connectivity index (χ2v) is 11.8. The number of amides is 1. The molecule has 3 heterocycles. The third-order valence-electron chi connectivity index (χ3n) is 6.85. The standard InChI is InChI=1S/C27H35N5O6S/c1-17-13-32(18(2)16-33)27(34)23-12-22(30-39(35,36)26-19(3)29-38-20(26)4)6-7-24(23)37-25(17)15-31(5)14-21-8-10-28-11-9-21/h6-12,17-18,25,30,33H,13-16H2,1-5H3/t17-,18-,25+/m1/s1. The fourth-order valence-electron chi connectivity index (χ4n) is 4.74. The molecule has 1 aliphatic rings. The van der Waals surface area contributed by atoms with E-state index in [1.807, 2.05) is 26.1 Å². The van der Waals surface area contributed by atoms with Gasteiger partial charge in [-0.3, -0.25) is 19.4 Å². The summed E-state index contributed by atoms with van der Waals surface area (Å²) < 4.78 is 40.1. The largest absolute Gasteiger partial charge is 0.488 e. The number of pyridine rings is 1. The van der Waals surface area contributed by atoms with Crippen LogP contribution in [0.5, 0.6) is 5.75 Å². The van der Waals surface area contributed by atoms with Gasteiger partial charge in [0.05, 0.1) is 18.2 Å². The number of sulfonamides is 1. The molecule has 2 N–H and O–H groups in total. The van der Waals surface area contributed by atoms with Crippen molar-refractivity contribution in [2.45, 2.75) is 51.3 Å². The molecule has 11 nitrogen and oxygen atoms in total. The van der Waals surface area contributed by atoms with Crippen molar-refractivity contribution in [2.24, 2.45) is 5.92 Å². The van der Waals surface area contributed by atoms with Gasteiger partial charge in [0.2, 0.25) is 0 Å². The summed E-state index contributed by atoms with van der Waals surface area (Å²) in [4.78, 5) is 21.5. The number of anilines is 1. The van der Waals surface area contributed by atoms with E-state index in [0.717, 1.165) is 5.56 Å². The van der Waals surface area contributed by atoms with Crippen molar-refractivity contribution in [3.8, 4) is 5.75 Å². The van der Waals surface area contributed by atoms with Gasteiger partial charge in [0.15, 0.2) is 10.7 Å². The van der Waals surface area contributed by atoms with Gasteiger partial charge in [-0.1, -0.05) is 12.1 Å². The van der Waals surface area contributed by atoms with Crippen molar-refractivity contribution in [1.29, 1.82) is 0 Å². The number of aryl methyl sites for hydroxylation is 2. The van der Waals surface area contributed by atoms with Crippen LogP contribution in [-0.2, 0) is 16.6 Å². The summed E-state index contributed by atoms with van der Waals surface area (Å²) in [6.45, 7) is 8.30. The molecule has 0 radical (unpaired) electrons. The molecule has 0 unspecified atom stereocenters. The molecule has 4 rings (SSSR count). The summed E-state index contributed by atoms with van der Waals surface area (Å²) >= 11 is 0. The number of aliphatic hydroxyl groups excluding tert-OH is 1. The highest BCUT2D eigenvalue weighted by Crippen LogP contribution is 2.32. The topological polar surface area (TPSA) is 138 Å². The van der Waals surface area contributed by atoms with Crippen molar-refractivity contribution < 1.29 is 27.6 Å². The van der Waals surface area contributed by atoms with E-state index in [-0.39, 0.29) is 52.1 Å². The smallest absolute Gasteiger partial charge is 0.267 e. The minimum Gasteiger partial charge on any atom is -0.488 e. The Kier molecular flexibility index (Phi) is 8.57. The Balaban J connectivity index is 1.65. The number of hydrogen-bond acceptors (Lipinski definition) is 9. The highest BCUT2D eigenvalue weighted by atomic mass is 32.2. The molecule has 0 aliphatic carbocycles. The van der Waals surface area contributed by atoms with Gasteiger partial charge >= 0.3 is 0 Å². The Morgan fingerprint density at radius 2 is 1.95 bits per heavy atom. The third kappa shape index (κ3) is 6.40. The number of nitrogens with one attached hydrogen (secondary N) is 1. The summed E-state index contributed by atoms with van der Waals surface area (Å²) in [5.41, 5.74) is 1.76. The first-order valence-corrected chi connectivity index (χ1v) is 14.2. The number of nitrogens with zero attached hydrogens (tertiary/aromatic N) is 4. The first kappa shape index (κ1) is 28.5. The number of carbonyl (C=O) groups excluding carboxylic acids is 1. The quantitative estimate of drug-likeness (QED) is 0.407. The van der Waals surface area contributed by atoms with Gasteiger partial charge in [0.1, 0.15) is 17.5 Å². The van der Waals surface area contributed by atoms with Crippen molar-refractivity contribution in [2.75, 3.05) is 31.5 Å². The Labute approximate surface area is 228 Å². The molecule has 0 saturated heterocycles. The van der Waals surface area contributed by atoms with Gasteiger partial charge in [-0.2, -0.15) is 0 Å². The van der Waals surface area contributed by atoms with Crippen LogP contribution in [0.1, 0.15) is 41.2 Å². The second-order valence-electron chi connectivity index (χ2n) is 10.1. The SMILES string of the molecule is Cc1noc(C)c1S(=O)(=O)Nc1ccc2c(c1)C(=O)N([C@H](C)CO)C[C@@H](C)[C@H](CN(C)Cc1ccncc1)O2. The van der Waals surface area contributed by atoms with E-state index in [9.17, 15) is 18.3 Å². The first-order chi connectivity index (χ1) is 18.5. The molecule has 2 aromatic heterocycles. The lowest BCUT2D eigenvalue weighted by atomic mass is 9.99. The molecular formula is C27H35N5O6S. The van der Waals surface area contributed by atoms with Gasteiger partial charge < -0.3 is 19.3 Å². The normalized spacial score (nSPS) is 18.7. The lowest BCUT2D eigenvalue weighted by Gasteiger charge is -2.38. The van der Waals surface area contributed by atoms with Gasteiger partial charge in [-0.05, 0) is 63.7 Å². The highest BCUT2D eigenvalue weighted by Gasteiger charge is 2.34. The minimum atomic E-state index is -4.01. The predicted octanol–water partition coefficient (Wildman–Crippen LogP) is 2.84. The maximum Gasteiger partial charge on any atom is 0.267 e. The molecule has 0 spiro atoms. The maximum absolute atomic E-state index is 13.7. The summed E-state index contributed by atoms with van der Waals surface area (Å²) in [5, 5.41) is 13.6. The third-order valence-corrected chi connectivity index (χ3v) is 8.47. The Morgan fingerprint density at radius 3 is 2.59 bits per heavy atom. The number of likely N-dealkylation sites (N-methyl/N-ethyl adjacent to an activating group) is 1. The molecule has 3 atom stereocenters. The molecular weight excluding hydrogens is 522 g/mol. The average Bonchev–Trinajstić information content (AvgIpc) is 3.25. The molecule has 0 fully saturated rings. The Morgan fingerprint density at radius 1 is 1.23 bits per heavy atom. The highest BCUT2D eigenvalue weighted by molar-refractivity contribution is 7.92. The van der Waals surface area contributed by atoms with Crippen LogP contribution < -0.4 is 9.46 Å². The van der Waals surface area contributed by atoms with Gasteiger partial charge in [0, 0.05) is 43.6 Å². The molecule has 0 saturated carbocycles. The van der Waals surface area contributed by atoms with Crippen molar-refractivity contribution in [3.05, 3.63) is 65.3 Å². The number of aliphatic hydroxyl groups is 1. The predicted molar refractivity (Wildman–Crippen MR) is 145 cm³/mol. The first-order valence-electron chi connectivity index (χ1n) is 12.8. The Hall–Kier alpha value is -3.48. The lowest BCUT2D eigenvalue weighted by Crippen LogP contribution is -2.49. The van der Waals surface area contributed by atoms with E-state index in [2.05, 4.69) is 19.8 Å². The molecule has 39 heavy (non-hydrogen) atoms. The number of aromatic nitrogens is 2. The van der Waals surface area contributed by atoms with Crippen LogP contribution in [0.25, 0.3) is 0 Å². The number of hydrogen-bond donors (Lipinski definition) is 2.